The Balaban J connectivity index is -0.000000114. The van der Waals surface area contributed by atoms with Crippen LogP contribution in [0.25, 0.3) is 0 Å². The molecule has 0 aromatic carbocycles. The zero-order valence-electron chi connectivity index (χ0n) is 9.12. The number of methoxy groups -OCH3 is 1. The van der Waals surface area contributed by atoms with Crippen LogP contribution >= 0.6 is 0 Å². The smallest absolute Gasteiger partial charge is 0.411 e. The molecule has 2 heteroatoms. The number of hydrogen-bond donors (Lipinski definition) is 0. The van der Waals surface area contributed by atoms with E-state index in [-0.39, 0.29) is 24.5 Å². The normalized spacial score (nSPS) is 9.82. The van der Waals surface area contributed by atoms with Crippen molar-refractivity contribution in [1.29, 1.82) is 0 Å². The van der Waals surface area contributed by atoms with E-state index in [2.05, 4.69) is 27.7 Å². The molecule has 0 aromatic rings. The van der Waals surface area contributed by atoms with Gasteiger partial charge in [-0.3, -0.25) is 0 Å². The minimum Gasteiger partial charge on any atom is -0.411 e. The second-order valence-electron chi connectivity index (χ2n) is 3.46. The molecule has 0 saturated heterocycles. The third kappa shape index (κ3) is 61.1. The molecule has 0 amide bonds. The van der Waals surface area contributed by atoms with Crippen LogP contribution < -0.4 is 18.9 Å². The molecule has 0 aromatic heterocycles. The van der Waals surface area contributed by atoms with Crippen molar-refractivity contribution in [1.82, 2.24) is 0 Å². The maximum Gasteiger partial charge on any atom is 1.00 e. The summed E-state index contributed by atoms with van der Waals surface area (Å²) < 4.78 is 4.83. The van der Waals surface area contributed by atoms with Crippen LogP contribution in [0.1, 0.15) is 34.6 Å². The molecule has 0 aliphatic heterocycles. The van der Waals surface area contributed by atoms with E-state index < -0.39 is 0 Å². The van der Waals surface area contributed by atoms with Crippen LogP contribution in [-0.4, -0.2) is 12.7 Å². The van der Waals surface area contributed by atoms with E-state index in [0.717, 1.165) is 0 Å². The third-order valence-corrected chi connectivity index (χ3v) is 0.553. The van der Waals surface area contributed by atoms with E-state index in [1.54, 1.807) is 7.11 Å². The van der Waals surface area contributed by atoms with Crippen LogP contribution in [0.5, 0.6) is 0 Å². The minimum absolute atomic E-state index is 0. The predicted molar refractivity (Wildman–Crippen MR) is 46.7 cm³/mol. The number of ether oxygens (including phenoxy) is 1. The van der Waals surface area contributed by atoms with Crippen molar-refractivity contribution in [3.8, 4) is 0 Å². The number of hydrogen-bond acceptors (Lipinski definition) is 1. The zero-order valence-corrected chi connectivity index (χ0v) is 9.12. The quantitative estimate of drug-likeness (QED) is 0.375. The van der Waals surface area contributed by atoms with Crippen LogP contribution in [-0.2, 0) is 4.74 Å². The van der Waals surface area contributed by atoms with Crippen molar-refractivity contribution in [2.75, 3.05) is 7.11 Å². The fourth-order valence-electron chi connectivity index (χ4n) is 0. The Morgan fingerprint density at radius 2 is 1.27 bits per heavy atom. The van der Waals surface area contributed by atoms with Crippen LogP contribution in [0.2, 0.25) is 0 Å². The predicted octanol–water partition coefficient (Wildman–Crippen LogP) is -0.130. The van der Waals surface area contributed by atoms with E-state index in [4.69, 9.17) is 4.74 Å². The molecule has 0 N–H and O–H groups in total. The van der Waals surface area contributed by atoms with Gasteiger partial charge in [-0.05, 0) is 0 Å². The molecule has 1 nitrogen and oxygen atoms in total. The fourth-order valence-corrected chi connectivity index (χ4v) is 0. The maximum atomic E-state index is 4.83. The molecule has 0 aliphatic carbocycles. The van der Waals surface area contributed by atoms with Gasteiger partial charge in [-0.1, -0.05) is 19.4 Å². The van der Waals surface area contributed by atoms with Crippen molar-refractivity contribution < 1.29 is 23.6 Å². The summed E-state index contributed by atoms with van der Waals surface area (Å²) in [6.45, 7) is 13.7. The summed E-state index contributed by atoms with van der Waals surface area (Å²) >= 11 is 0. The van der Waals surface area contributed by atoms with Gasteiger partial charge in [0.2, 0.25) is 0 Å². The summed E-state index contributed by atoms with van der Waals surface area (Å²) in [6.07, 6.45) is 0. The first kappa shape index (κ1) is 17.6. The molecule has 64 valence electrons. The van der Waals surface area contributed by atoms with Gasteiger partial charge in [0.15, 0.2) is 0 Å². The fraction of sp³-hybridized carbons (Fsp3) is 0.778. The van der Waals surface area contributed by atoms with Crippen LogP contribution in [0.4, 0.5) is 0 Å². The van der Waals surface area contributed by atoms with E-state index in [1.807, 2.05) is 13.8 Å². The summed E-state index contributed by atoms with van der Waals surface area (Å²) in [6, 6.07) is 0. The first-order chi connectivity index (χ1) is 4.29. The SMILES string of the molecule is C[C-](C)C.[CH2-]C(C)(C)OC.[Li+]. The van der Waals surface area contributed by atoms with Gasteiger partial charge >= 0.3 is 18.9 Å². The van der Waals surface area contributed by atoms with Crippen LogP contribution in [0, 0.1) is 12.8 Å². The average molecular weight is 151 g/mol. The Hall–Kier alpha value is 0.557. The molecule has 0 spiro atoms. The van der Waals surface area contributed by atoms with Crippen LogP contribution in [0.3, 0.4) is 0 Å². The monoisotopic (exact) mass is 151 g/mol. The summed E-state index contributed by atoms with van der Waals surface area (Å²) in [7, 11) is 1.65. The maximum absolute atomic E-state index is 4.83. The van der Waals surface area contributed by atoms with Gasteiger partial charge in [0.05, 0.1) is 0 Å². The summed E-state index contributed by atoms with van der Waals surface area (Å²) in [4.78, 5) is 0. The summed E-state index contributed by atoms with van der Waals surface area (Å²) in [5, 5.41) is 0. The van der Waals surface area contributed by atoms with E-state index in [1.165, 1.54) is 5.92 Å². The first-order valence-electron chi connectivity index (χ1n) is 3.47. The van der Waals surface area contributed by atoms with Gasteiger partial charge < -0.3 is 17.6 Å². The molecule has 0 bridgehead atoms. The number of rotatable bonds is 1. The summed E-state index contributed by atoms with van der Waals surface area (Å²) in [5.74, 6) is 1.42. The molecule has 0 rings (SSSR count). The molecule has 0 aliphatic rings. The van der Waals surface area contributed by atoms with Crippen molar-refractivity contribution >= 4 is 0 Å². The average Bonchev–Trinajstić information content (AvgIpc) is 1.63. The van der Waals surface area contributed by atoms with Gasteiger partial charge in [0.25, 0.3) is 0 Å². The molecular weight excluding hydrogens is 131 g/mol. The molecule has 0 unspecified atom stereocenters. The molecule has 0 radical (unpaired) electrons. The second kappa shape index (κ2) is 8.65. The van der Waals surface area contributed by atoms with Crippen molar-refractivity contribution in [2.45, 2.75) is 40.2 Å². The topological polar surface area (TPSA) is 9.23 Å². The molecule has 0 heterocycles. The molecule has 0 saturated carbocycles. The summed E-state index contributed by atoms with van der Waals surface area (Å²) in [5.41, 5.74) is -0.208. The van der Waals surface area contributed by atoms with Gasteiger partial charge in [-0.15, -0.1) is 0 Å². The Labute approximate surface area is 84.1 Å². The largest absolute Gasteiger partial charge is 1.00 e. The van der Waals surface area contributed by atoms with Gasteiger partial charge in [0, 0.05) is 7.11 Å². The third-order valence-electron chi connectivity index (χ3n) is 0.553. The Bertz CT molecular complexity index is 61.7. The Morgan fingerprint density at radius 3 is 1.27 bits per heavy atom. The molecule has 0 atom stereocenters. The van der Waals surface area contributed by atoms with E-state index >= 15 is 0 Å². The zero-order chi connectivity index (χ0) is 8.78. The molecular formula is C9H20LiO-. The Morgan fingerprint density at radius 1 is 1.18 bits per heavy atom. The van der Waals surface area contributed by atoms with Gasteiger partial charge in [-0.25, -0.2) is 0 Å². The van der Waals surface area contributed by atoms with E-state index in [0.29, 0.717) is 0 Å². The van der Waals surface area contributed by atoms with Gasteiger partial charge in [0.1, 0.15) is 0 Å². The second-order valence-corrected chi connectivity index (χ2v) is 3.46. The van der Waals surface area contributed by atoms with Crippen LogP contribution in [0.15, 0.2) is 0 Å². The van der Waals surface area contributed by atoms with Gasteiger partial charge in [-0.2, -0.15) is 20.8 Å². The minimum atomic E-state index is -0.208. The van der Waals surface area contributed by atoms with Crippen molar-refractivity contribution in [3.05, 3.63) is 12.8 Å². The van der Waals surface area contributed by atoms with Crippen molar-refractivity contribution in [3.63, 3.8) is 0 Å². The first-order valence-corrected chi connectivity index (χ1v) is 3.47. The van der Waals surface area contributed by atoms with Crippen molar-refractivity contribution in [2.24, 2.45) is 0 Å². The molecule has 11 heavy (non-hydrogen) atoms. The molecule has 0 fully saturated rings. The van der Waals surface area contributed by atoms with E-state index in [9.17, 15) is 0 Å². The standard InChI is InChI=1S/C5H11O.C4H9.Li/c1-5(2,3)6-4;1-4(2)3;/h1H2,2-4H3;1-3H3;/q2*-1;+1. The Kier molecular flexibility index (Phi) is 13.8.